The van der Waals surface area contributed by atoms with Gasteiger partial charge in [-0.25, -0.2) is 5.84 Å². The number of carbonyl (C=O) groups is 1. The first kappa shape index (κ1) is 13.7. The number of nitrogens with one attached hydrogen (secondary N) is 1. The Labute approximate surface area is 108 Å². The van der Waals surface area contributed by atoms with Gasteiger partial charge in [0.25, 0.3) is 0 Å². The fraction of sp³-hybridized carbons (Fsp3) is 0.917. The van der Waals surface area contributed by atoms with Crippen LogP contribution in [0.25, 0.3) is 0 Å². The second-order valence-corrected chi connectivity index (χ2v) is 5.26. The lowest BCUT2D eigenvalue weighted by Crippen LogP contribution is -2.45. The van der Waals surface area contributed by atoms with Gasteiger partial charge in [0.15, 0.2) is 0 Å². The third kappa shape index (κ3) is 3.41. The first-order chi connectivity index (χ1) is 8.70. The van der Waals surface area contributed by atoms with Crippen LogP contribution in [0.2, 0.25) is 0 Å². The summed E-state index contributed by atoms with van der Waals surface area (Å²) in [6.07, 6.45) is 1.19. The minimum atomic E-state index is -0.0789. The highest BCUT2D eigenvalue weighted by Gasteiger charge is 2.29. The van der Waals surface area contributed by atoms with Crippen LogP contribution in [-0.4, -0.2) is 67.7 Å². The van der Waals surface area contributed by atoms with Gasteiger partial charge in [-0.15, -0.1) is 0 Å². The third-order valence-corrected chi connectivity index (χ3v) is 3.93. The summed E-state index contributed by atoms with van der Waals surface area (Å²) in [4.78, 5) is 16.3. The number of likely N-dealkylation sites (tertiary alicyclic amines) is 1. The van der Waals surface area contributed by atoms with Gasteiger partial charge in [0.05, 0.1) is 13.2 Å². The van der Waals surface area contributed by atoms with Crippen molar-refractivity contribution in [3.8, 4) is 0 Å². The zero-order valence-corrected chi connectivity index (χ0v) is 11.1. The van der Waals surface area contributed by atoms with Crippen molar-refractivity contribution >= 4 is 5.91 Å². The number of carbonyl (C=O) groups excluding carboxylic acids is 1. The van der Waals surface area contributed by atoms with E-state index in [1.807, 2.05) is 6.92 Å². The molecule has 2 fully saturated rings. The Hall–Kier alpha value is -0.690. The Morgan fingerprint density at radius 3 is 2.83 bits per heavy atom. The van der Waals surface area contributed by atoms with Crippen molar-refractivity contribution < 1.29 is 9.53 Å². The number of morpholine rings is 1. The second kappa shape index (κ2) is 6.47. The number of hydrazine groups is 1. The smallest absolute Gasteiger partial charge is 0.237 e. The molecule has 2 unspecified atom stereocenters. The molecule has 2 rings (SSSR count). The Morgan fingerprint density at radius 1 is 1.44 bits per heavy atom. The van der Waals surface area contributed by atoms with Gasteiger partial charge in [0.2, 0.25) is 5.91 Å². The molecule has 0 radical (unpaired) electrons. The number of ether oxygens (including phenoxy) is 1. The largest absolute Gasteiger partial charge is 0.379 e. The highest BCUT2D eigenvalue weighted by Crippen LogP contribution is 2.17. The molecule has 18 heavy (non-hydrogen) atoms. The van der Waals surface area contributed by atoms with Crippen molar-refractivity contribution in [1.29, 1.82) is 0 Å². The third-order valence-electron chi connectivity index (χ3n) is 3.93. The van der Waals surface area contributed by atoms with E-state index in [2.05, 4.69) is 15.2 Å². The van der Waals surface area contributed by atoms with Crippen LogP contribution in [0.5, 0.6) is 0 Å². The normalized spacial score (nSPS) is 28.2. The molecule has 0 bridgehead atoms. The van der Waals surface area contributed by atoms with Crippen molar-refractivity contribution in [2.45, 2.75) is 19.4 Å². The maximum absolute atomic E-state index is 11.4. The maximum Gasteiger partial charge on any atom is 0.237 e. The number of rotatable bonds is 4. The van der Waals surface area contributed by atoms with E-state index in [0.717, 1.165) is 45.9 Å². The molecule has 0 aromatic rings. The Balaban J connectivity index is 1.75. The Morgan fingerprint density at radius 2 is 2.17 bits per heavy atom. The molecule has 2 heterocycles. The van der Waals surface area contributed by atoms with Crippen LogP contribution in [-0.2, 0) is 9.53 Å². The van der Waals surface area contributed by atoms with Gasteiger partial charge < -0.3 is 9.64 Å². The van der Waals surface area contributed by atoms with Gasteiger partial charge in [-0.2, -0.15) is 0 Å². The van der Waals surface area contributed by atoms with Crippen LogP contribution in [0.15, 0.2) is 0 Å². The molecule has 2 aliphatic rings. The Kier molecular flexibility index (Phi) is 4.94. The van der Waals surface area contributed by atoms with Gasteiger partial charge in [-0.3, -0.25) is 15.1 Å². The summed E-state index contributed by atoms with van der Waals surface area (Å²) in [6, 6.07) is 0.627. The lowest BCUT2D eigenvalue weighted by molar-refractivity contribution is -0.125. The van der Waals surface area contributed by atoms with Gasteiger partial charge in [-0.05, 0) is 13.0 Å². The molecule has 104 valence electrons. The molecule has 2 atom stereocenters. The molecule has 6 heteroatoms. The number of amides is 1. The van der Waals surface area contributed by atoms with Gasteiger partial charge in [0, 0.05) is 38.1 Å². The summed E-state index contributed by atoms with van der Waals surface area (Å²) in [7, 11) is 0. The average Bonchev–Trinajstić information content (AvgIpc) is 2.87. The van der Waals surface area contributed by atoms with E-state index in [4.69, 9.17) is 10.6 Å². The van der Waals surface area contributed by atoms with Crippen molar-refractivity contribution in [3.05, 3.63) is 0 Å². The molecule has 0 aromatic carbocycles. The van der Waals surface area contributed by atoms with Crippen LogP contribution in [0.1, 0.15) is 13.3 Å². The van der Waals surface area contributed by atoms with Crippen LogP contribution in [0.4, 0.5) is 0 Å². The van der Waals surface area contributed by atoms with Gasteiger partial charge in [-0.1, -0.05) is 6.92 Å². The van der Waals surface area contributed by atoms with Crippen molar-refractivity contribution in [1.82, 2.24) is 15.2 Å². The number of hydrogen-bond acceptors (Lipinski definition) is 5. The maximum atomic E-state index is 11.4. The fourth-order valence-corrected chi connectivity index (χ4v) is 2.83. The summed E-state index contributed by atoms with van der Waals surface area (Å²) in [6.45, 7) is 8.63. The molecular formula is C12H24N4O2. The lowest BCUT2D eigenvalue weighted by Gasteiger charge is -2.32. The van der Waals surface area contributed by atoms with Crippen molar-refractivity contribution in [2.75, 3.05) is 45.9 Å². The van der Waals surface area contributed by atoms with Crippen molar-refractivity contribution in [3.63, 3.8) is 0 Å². The van der Waals surface area contributed by atoms with E-state index >= 15 is 0 Å². The van der Waals surface area contributed by atoms with E-state index in [-0.39, 0.29) is 11.8 Å². The van der Waals surface area contributed by atoms with Crippen LogP contribution in [0.3, 0.4) is 0 Å². The lowest BCUT2D eigenvalue weighted by atomic mass is 10.1. The summed E-state index contributed by atoms with van der Waals surface area (Å²) in [5.74, 6) is 5.03. The van der Waals surface area contributed by atoms with Gasteiger partial charge >= 0.3 is 0 Å². The molecule has 0 saturated carbocycles. The number of hydrogen-bond donors (Lipinski definition) is 2. The zero-order chi connectivity index (χ0) is 13.0. The zero-order valence-electron chi connectivity index (χ0n) is 11.1. The van der Waals surface area contributed by atoms with Crippen LogP contribution >= 0.6 is 0 Å². The minimum absolute atomic E-state index is 0.0431. The molecule has 3 N–H and O–H groups in total. The van der Waals surface area contributed by atoms with Crippen LogP contribution < -0.4 is 11.3 Å². The molecule has 1 amide bonds. The number of nitrogens with zero attached hydrogens (tertiary/aromatic N) is 2. The standard InChI is InChI=1S/C12H24N4O2/c1-10(12(17)14-13)8-15-3-2-11(9-15)16-4-6-18-7-5-16/h10-11H,2-9,13H2,1H3,(H,14,17). The topological polar surface area (TPSA) is 70.8 Å². The molecule has 2 aliphatic heterocycles. The van der Waals surface area contributed by atoms with Crippen molar-refractivity contribution in [2.24, 2.45) is 11.8 Å². The molecule has 6 nitrogen and oxygen atoms in total. The highest BCUT2D eigenvalue weighted by molar-refractivity contribution is 5.77. The van der Waals surface area contributed by atoms with Crippen LogP contribution in [0, 0.1) is 5.92 Å². The summed E-state index contributed by atoms with van der Waals surface area (Å²) in [5, 5.41) is 0. The summed E-state index contributed by atoms with van der Waals surface area (Å²) >= 11 is 0. The van der Waals surface area contributed by atoms with E-state index in [9.17, 15) is 4.79 Å². The average molecular weight is 256 g/mol. The molecule has 2 saturated heterocycles. The second-order valence-electron chi connectivity index (χ2n) is 5.26. The summed E-state index contributed by atoms with van der Waals surface area (Å²) < 4.78 is 5.37. The molecular weight excluding hydrogens is 232 g/mol. The monoisotopic (exact) mass is 256 g/mol. The number of nitrogens with two attached hydrogens (primary N) is 1. The van der Waals surface area contributed by atoms with E-state index in [1.54, 1.807) is 0 Å². The molecule has 0 spiro atoms. The van der Waals surface area contributed by atoms with Gasteiger partial charge in [0.1, 0.15) is 0 Å². The molecule has 0 aromatic heterocycles. The van der Waals surface area contributed by atoms with E-state index in [1.165, 1.54) is 6.42 Å². The predicted octanol–water partition coefficient (Wildman–Crippen LogP) is -0.981. The first-order valence-corrected chi connectivity index (χ1v) is 6.75. The molecule has 0 aliphatic carbocycles. The van der Waals surface area contributed by atoms with E-state index < -0.39 is 0 Å². The SMILES string of the molecule is CC(CN1CCC(N2CCOCC2)C1)C(=O)NN. The summed E-state index contributed by atoms with van der Waals surface area (Å²) in [5.41, 5.74) is 2.22. The fourth-order valence-electron chi connectivity index (χ4n) is 2.83. The van der Waals surface area contributed by atoms with E-state index in [0.29, 0.717) is 6.04 Å². The first-order valence-electron chi connectivity index (χ1n) is 6.75. The quantitative estimate of drug-likeness (QED) is 0.384. The Bertz CT molecular complexity index is 281. The highest BCUT2D eigenvalue weighted by atomic mass is 16.5. The minimum Gasteiger partial charge on any atom is -0.379 e. The predicted molar refractivity (Wildman–Crippen MR) is 68.7 cm³/mol.